The fourth-order valence-corrected chi connectivity index (χ4v) is 3.70. The van der Waals surface area contributed by atoms with Gasteiger partial charge in [0.25, 0.3) is 0 Å². The van der Waals surface area contributed by atoms with Gasteiger partial charge in [0.15, 0.2) is 0 Å². The molecule has 2 nitrogen and oxygen atoms in total. The Bertz CT molecular complexity index is 787. The largest absolute Gasteiger partial charge is 0.324 e. The van der Waals surface area contributed by atoms with Gasteiger partial charge >= 0.3 is 0 Å². The summed E-state index contributed by atoms with van der Waals surface area (Å²) in [6, 6.07) is 18.3. The van der Waals surface area contributed by atoms with Crippen LogP contribution >= 0.6 is 31.9 Å². The van der Waals surface area contributed by atoms with Gasteiger partial charge < -0.3 is 5.73 Å². The maximum Gasteiger partial charge on any atom is 0.0705 e. The molecule has 0 bridgehead atoms. The highest BCUT2D eigenvalue weighted by Gasteiger charge is 2.12. The van der Waals surface area contributed by atoms with Crippen molar-refractivity contribution in [1.82, 2.24) is 4.98 Å². The van der Waals surface area contributed by atoms with Crippen molar-refractivity contribution in [3.63, 3.8) is 0 Å². The van der Waals surface area contributed by atoms with Crippen LogP contribution in [0.15, 0.2) is 63.5 Å². The van der Waals surface area contributed by atoms with Gasteiger partial charge in [0, 0.05) is 32.5 Å². The summed E-state index contributed by atoms with van der Waals surface area (Å²) in [7, 11) is 0. The van der Waals surface area contributed by atoms with E-state index in [0.29, 0.717) is 6.42 Å². The molecular formula is C17H14Br2N2. The highest BCUT2D eigenvalue weighted by Crippen LogP contribution is 2.27. The molecule has 0 aliphatic carbocycles. The first-order valence-electron chi connectivity index (χ1n) is 6.69. The van der Waals surface area contributed by atoms with E-state index in [1.165, 1.54) is 0 Å². The van der Waals surface area contributed by atoms with Gasteiger partial charge in [0.05, 0.1) is 5.52 Å². The number of halogens is 2. The molecule has 1 aromatic heterocycles. The van der Waals surface area contributed by atoms with Gasteiger partial charge in [-0.2, -0.15) is 0 Å². The predicted octanol–water partition coefficient (Wildman–Crippen LogP) is 5.00. The molecule has 0 aliphatic heterocycles. The summed E-state index contributed by atoms with van der Waals surface area (Å²) in [5.74, 6) is 0. The van der Waals surface area contributed by atoms with Crippen LogP contribution in [0.3, 0.4) is 0 Å². The molecule has 0 spiro atoms. The van der Waals surface area contributed by atoms with Crippen LogP contribution in [0.1, 0.15) is 17.3 Å². The molecule has 1 atom stereocenters. The van der Waals surface area contributed by atoms with E-state index in [0.717, 1.165) is 31.1 Å². The van der Waals surface area contributed by atoms with Crippen LogP contribution in [-0.2, 0) is 6.42 Å². The van der Waals surface area contributed by atoms with Crippen molar-refractivity contribution in [1.29, 1.82) is 0 Å². The lowest BCUT2D eigenvalue weighted by molar-refractivity contribution is 0.705. The second-order valence-electron chi connectivity index (χ2n) is 4.97. The third-order valence-electron chi connectivity index (χ3n) is 3.45. The zero-order chi connectivity index (χ0) is 14.8. The Hall–Kier alpha value is -1.23. The smallest absolute Gasteiger partial charge is 0.0705 e. The van der Waals surface area contributed by atoms with Gasteiger partial charge in [-0.3, -0.25) is 4.98 Å². The quantitative estimate of drug-likeness (QED) is 0.665. The minimum atomic E-state index is -0.0823. The van der Waals surface area contributed by atoms with Gasteiger partial charge in [0.1, 0.15) is 0 Å². The zero-order valence-electron chi connectivity index (χ0n) is 11.3. The highest BCUT2D eigenvalue weighted by atomic mass is 79.9. The predicted molar refractivity (Wildman–Crippen MR) is 94.2 cm³/mol. The summed E-state index contributed by atoms with van der Waals surface area (Å²) in [6.45, 7) is 0. The van der Waals surface area contributed by atoms with Crippen molar-refractivity contribution >= 4 is 42.8 Å². The molecule has 106 valence electrons. The lowest BCUT2D eigenvalue weighted by atomic mass is 10.0. The number of pyridine rings is 1. The maximum absolute atomic E-state index is 6.34. The third kappa shape index (κ3) is 3.34. The molecule has 0 aliphatic rings. The summed E-state index contributed by atoms with van der Waals surface area (Å²) >= 11 is 7.03. The molecule has 0 amide bonds. The highest BCUT2D eigenvalue weighted by molar-refractivity contribution is 9.11. The van der Waals surface area contributed by atoms with E-state index in [-0.39, 0.29) is 6.04 Å². The Morgan fingerprint density at radius 3 is 2.62 bits per heavy atom. The fraction of sp³-hybridized carbons (Fsp3) is 0.118. The average Bonchev–Trinajstić information content (AvgIpc) is 2.47. The number of nitrogens with two attached hydrogens (primary N) is 1. The molecule has 1 unspecified atom stereocenters. The first-order valence-corrected chi connectivity index (χ1v) is 8.27. The van der Waals surface area contributed by atoms with Crippen molar-refractivity contribution in [2.45, 2.75) is 12.5 Å². The molecule has 3 aromatic rings. The lowest BCUT2D eigenvalue weighted by Crippen LogP contribution is -2.14. The number of rotatable bonds is 3. The summed E-state index contributed by atoms with van der Waals surface area (Å²) in [6.07, 6.45) is 0.713. The van der Waals surface area contributed by atoms with Crippen molar-refractivity contribution in [2.24, 2.45) is 5.73 Å². The first-order chi connectivity index (χ1) is 10.1. The van der Waals surface area contributed by atoms with Gasteiger partial charge in [-0.15, -0.1) is 0 Å². The molecular weight excluding hydrogens is 392 g/mol. The van der Waals surface area contributed by atoms with Crippen LogP contribution in [0.2, 0.25) is 0 Å². The molecule has 2 aromatic carbocycles. The first kappa shape index (κ1) is 14.7. The number of nitrogens with zero attached hydrogens (tertiary/aromatic N) is 1. The summed E-state index contributed by atoms with van der Waals surface area (Å²) in [5.41, 5.74) is 9.45. The van der Waals surface area contributed by atoms with Gasteiger partial charge in [-0.25, -0.2) is 0 Å². The zero-order valence-corrected chi connectivity index (χ0v) is 14.4. The number of benzene rings is 2. The van der Waals surface area contributed by atoms with Gasteiger partial charge in [0.2, 0.25) is 0 Å². The number of fused-ring (bicyclic) bond motifs is 1. The van der Waals surface area contributed by atoms with E-state index in [1.807, 2.05) is 36.4 Å². The molecule has 0 saturated heterocycles. The standard InChI is InChI=1S/C17H14Br2N2/c18-12-6-8-14(15(19)9-12)16(20)10-13-7-5-11-3-1-2-4-17(11)21-13/h1-9,16H,10,20H2. The van der Waals surface area contributed by atoms with Crippen LogP contribution in [0.5, 0.6) is 0 Å². The molecule has 0 fully saturated rings. The molecule has 4 heteroatoms. The second-order valence-corrected chi connectivity index (χ2v) is 6.74. The minimum absolute atomic E-state index is 0.0823. The van der Waals surface area contributed by atoms with E-state index >= 15 is 0 Å². The van der Waals surface area contributed by atoms with E-state index in [2.05, 4.69) is 55.0 Å². The Labute approximate surface area is 140 Å². The number of hydrogen-bond donors (Lipinski definition) is 1. The Balaban J connectivity index is 1.87. The Morgan fingerprint density at radius 2 is 1.81 bits per heavy atom. The molecule has 0 radical (unpaired) electrons. The topological polar surface area (TPSA) is 38.9 Å². The Kier molecular flexibility index (Phi) is 4.38. The SMILES string of the molecule is NC(Cc1ccc2ccccc2n1)c1ccc(Br)cc1Br. The molecule has 3 rings (SSSR count). The summed E-state index contributed by atoms with van der Waals surface area (Å²) in [4.78, 5) is 4.68. The van der Waals surface area contributed by atoms with Gasteiger partial charge in [-0.1, -0.05) is 62.2 Å². The summed E-state index contributed by atoms with van der Waals surface area (Å²) < 4.78 is 2.05. The number of hydrogen-bond acceptors (Lipinski definition) is 2. The summed E-state index contributed by atoms with van der Waals surface area (Å²) in [5, 5.41) is 1.15. The van der Waals surface area contributed by atoms with E-state index in [9.17, 15) is 0 Å². The Morgan fingerprint density at radius 1 is 1.00 bits per heavy atom. The molecule has 1 heterocycles. The van der Waals surface area contributed by atoms with Crippen molar-refractivity contribution < 1.29 is 0 Å². The van der Waals surface area contributed by atoms with E-state index in [1.54, 1.807) is 0 Å². The average molecular weight is 406 g/mol. The van der Waals surface area contributed by atoms with Crippen molar-refractivity contribution in [3.8, 4) is 0 Å². The molecule has 0 saturated carbocycles. The molecule has 21 heavy (non-hydrogen) atoms. The lowest BCUT2D eigenvalue weighted by Gasteiger charge is -2.14. The number of aromatic nitrogens is 1. The molecule has 2 N–H and O–H groups in total. The fourth-order valence-electron chi connectivity index (χ4n) is 2.36. The van der Waals surface area contributed by atoms with Crippen molar-refractivity contribution in [2.75, 3.05) is 0 Å². The normalized spacial score (nSPS) is 12.5. The third-order valence-corrected chi connectivity index (χ3v) is 4.63. The van der Waals surface area contributed by atoms with Gasteiger partial charge in [-0.05, 0) is 29.8 Å². The second kappa shape index (κ2) is 6.26. The van der Waals surface area contributed by atoms with Crippen LogP contribution in [0.25, 0.3) is 10.9 Å². The minimum Gasteiger partial charge on any atom is -0.324 e. The van der Waals surface area contributed by atoms with E-state index < -0.39 is 0 Å². The van der Waals surface area contributed by atoms with Crippen LogP contribution in [0.4, 0.5) is 0 Å². The van der Waals surface area contributed by atoms with Crippen LogP contribution < -0.4 is 5.73 Å². The number of para-hydroxylation sites is 1. The maximum atomic E-state index is 6.34. The van der Waals surface area contributed by atoms with Crippen LogP contribution in [0, 0.1) is 0 Å². The van der Waals surface area contributed by atoms with Crippen molar-refractivity contribution in [3.05, 3.63) is 74.8 Å². The van der Waals surface area contributed by atoms with E-state index in [4.69, 9.17) is 5.73 Å². The van der Waals surface area contributed by atoms with Crippen LogP contribution in [-0.4, -0.2) is 4.98 Å². The monoisotopic (exact) mass is 404 g/mol.